The van der Waals surface area contributed by atoms with Crippen LogP contribution in [0.3, 0.4) is 0 Å². The van der Waals surface area contributed by atoms with Crippen LogP contribution in [0.2, 0.25) is 0 Å². The van der Waals surface area contributed by atoms with Crippen molar-refractivity contribution >= 4 is 17.1 Å². The lowest BCUT2D eigenvalue weighted by molar-refractivity contribution is 0.0903. The first-order chi connectivity index (χ1) is 10.8. The second-order valence-corrected chi connectivity index (χ2v) is 6.58. The van der Waals surface area contributed by atoms with Crippen molar-refractivity contribution in [2.75, 3.05) is 0 Å². The molecule has 1 heterocycles. The van der Waals surface area contributed by atoms with Gasteiger partial charge in [0.2, 0.25) is 0 Å². The molecule has 0 radical (unpaired) electrons. The second kappa shape index (κ2) is 8.84. The maximum Gasteiger partial charge on any atom is 0.185 e. The number of Topliss-reactive ketones (excluding diaryl/α,β-unsaturated/α-hetero) is 1. The molecule has 118 valence electrons. The molecule has 0 amide bonds. The molecule has 0 aliphatic rings. The van der Waals surface area contributed by atoms with Gasteiger partial charge in [0.05, 0.1) is 0 Å². The zero-order chi connectivity index (χ0) is 15.8. The average Bonchev–Trinajstić information content (AvgIpc) is 3.05. The summed E-state index contributed by atoms with van der Waals surface area (Å²) in [6.07, 6.45) is 6.77. The molecule has 2 aromatic rings. The molecule has 0 saturated heterocycles. The van der Waals surface area contributed by atoms with Crippen LogP contribution in [0.5, 0.6) is 0 Å². The number of thiazole rings is 1. The van der Waals surface area contributed by atoms with Crippen LogP contribution in [0.15, 0.2) is 35.7 Å². The van der Waals surface area contributed by atoms with Crippen LogP contribution in [0.1, 0.15) is 62.9 Å². The first-order valence-electron chi connectivity index (χ1n) is 8.31. The van der Waals surface area contributed by atoms with Crippen molar-refractivity contribution in [3.8, 4) is 10.6 Å². The Bertz CT molecular complexity index is 576. The fraction of sp³-hybridized carbons (Fsp3) is 0.474. The van der Waals surface area contributed by atoms with Gasteiger partial charge in [-0.15, -0.1) is 11.3 Å². The summed E-state index contributed by atoms with van der Waals surface area (Å²) in [6, 6.07) is 10.1. The number of hydrogen-bond donors (Lipinski definition) is 0. The Balaban J connectivity index is 2.01. The van der Waals surface area contributed by atoms with Gasteiger partial charge in [0, 0.05) is 16.9 Å². The topological polar surface area (TPSA) is 30.0 Å². The minimum absolute atomic E-state index is 0.127. The van der Waals surface area contributed by atoms with Gasteiger partial charge >= 0.3 is 0 Å². The standard InChI is InChI=1S/C19H25NOS/c1-3-5-6-8-11-15(4-2)18(21)17-14-22-19(20-17)16-12-9-7-10-13-16/h7,9-10,12-15H,3-6,8,11H2,1-2H3. The number of nitrogens with zero attached hydrogens (tertiary/aromatic N) is 1. The van der Waals surface area contributed by atoms with Gasteiger partial charge in [0.25, 0.3) is 0 Å². The molecule has 1 atom stereocenters. The number of ketones is 1. The van der Waals surface area contributed by atoms with E-state index in [1.165, 1.54) is 19.3 Å². The molecular weight excluding hydrogens is 290 g/mol. The van der Waals surface area contributed by atoms with E-state index >= 15 is 0 Å². The fourth-order valence-electron chi connectivity index (χ4n) is 2.65. The molecular formula is C19H25NOS. The molecule has 1 aromatic heterocycles. The fourth-order valence-corrected chi connectivity index (χ4v) is 3.46. The Kier molecular flexibility index (Phi) is 6.78. The van der Waals surface area contributed by atoms with Crippen molar-refractivity contribution in [2.45, 2.75) is 52.4 Å². The second-order valence-electron chi connectivity index (χ2n) is 5.72. The highest BCUT2D eigenvalue weighted by molar-refractivity contribution is 7.13. The molecule has 1 aromatic carbocycles. The highest BCUT2D eigenvalue weighted by atomic mass is 32.1. The smallest absolute Gasteiger partial charge is 0.185 e. The van der Waals surface area contributed by atoms with Crippen molar-refractivity contribution in [3.05, 3.63) is 41.4 Å². The maximum absolute atomic E-state index is 12.6. The Morgan fingerprint density at radius 1 is 1.14 bits per heavy atom. The van der Waals surface area contributed by atoms with E-state index in [0.717, 1.165) is 29.8 Å². The van der Waals surface area contributed by atoms with Gasteiger partial charge in [-0.25, -0.2) is 4.98 Å². The number of benzene rings is 1. The van der Waals surface area contributed by atoms with Gasteiger partial charge in [-0.2, -0.15) is 0 Å². The Morgan fingerprint density at radius 2 is 1.91 bits per heavy atom. The van der Waals surface area contributed by atoms with Gasteiger partial charge < -0.3 is 0 Å². The van der Waals surface area contributed by atoms with Crippen LogP contribution in [0.25, 0.3) is 10.6 Å². The van der Waals surface area contributed by atoms with E-state index in [9.17, 15) is 4.79 Å². The highest BCUT2D eigenvalue weighted by Gasteiger charge is 2.20. The van der Waals surface area contributed by atoms with Crippen molar-refractivity contribution in [1.82, 2.24) is 4.98 Å². The highest BCUT2D eigenvalue weighted by Crippen LogP contribution is 2.26. The Hall–Kier alpha value is -1.48. The number of unbranched alkanes of at least 4 members (excludes halogenated alkanes) is 3. The lowest BCUT2D eigenvalue weighted by atomic mass is 9.93. The normalized spacial score (nSPS) is 12.3. The van der Waals surface area contributed by atoms with Crippen LogP contribution < -0.4 is 0 Å². The van der Waals surface area contributed by atoms with Crippen LogP contribution in [0, 0.1) is 5.92 Å². The van der Waals surface area contributed by atoms with Gasteiger partial charge in [-0.05, 0) is 12.8 Å². The summed E-state index contributed by atoms with van der Waals surface area (Å²) in [7, 11) is 0. The van der Waals surface area contributed by atoms with E-state index in [1.807, 2.05) is 35.7 Å². The van der Waals surface area contributed by atoms with E-state index in [1.54, 1.807) is 11.3 Å². The lowest BCUT2D eigenvalue weighted by Crippen LogP contribution is -2.14. The molecule has 0 fully saturated rings. The van der Waals surface area contributed by atoms with Gasteiger partial charge in [-0.1, -0.05) is 69.9 Å². The molecule has 0 spiro atoms. The van der Waals surface area contributed by atoms with E-state index in [2.05, 4.69) is 18.8 Å². The summed E-state index contributed by atoms with van der Waals surface area (Å²) >= 11 is 1.56. The maximum atomic E-state index is 12.6. The third kappa shape index (κ3) is 4.51. The third-order valence-electron chi connectivity index (χ3n) is 4.05. The molecule has 0 aliphatic carbocycles. The molecule has 0 aliphatic heterocycles. The minimum atomic E-state index is 0.127. The predicted octanol–water partition coefficient (Wildman–Crippen LogP) is 5.99. The summed E-state index contributed by atoms with van der Waals surface area (Å²) < 4.78 is 0. The zero-order valence-corrected chi connectivity index (χ0v) is 14.4. The van der Waals surface area contributed by atoms with Crippen molar-refractivity contribution in [1.29, 1.82) is 0 Å². The van der Waals surface area contributed by atoms with E-state index in [-0.39, 0.29) is 11.7 Å². The largest absolute Gasteiger partial charge is 0.292 e. The van der Waals surface area contributed by atoms with E-state index < -0.39 is 0 Å². The van der Waals surface area contributed by atoms with Crippen LogP contribution in [-0.2, 0) is 0 Å². The number of hydrogen-bond acceptors (Lipinski definition) is 3. The van der Waals surface area contributed by atoms with Crippen LogP contribution in [0.4, 0.5) is 0 Å². The number of aromatic nitrogens is 1. The molecule has 3 heteroatoms. The molecule has 2 rings (SSSR count). The summed E-state index contributed by atoms with van der Waals surface area (Å²) in [5.74, 6) is 0.347. The Morgan fingerprint density at radius 3 is 2.59 bits per heavy atom. The quantitative estimate of drug-likeness (QED) is 0.420. The molecule has 0 bridgehead atoms. The summed E-state index contributed by atoms with van der Waals surface area (Å²) in [4.78, 5) is 17.2. The number of rotatable bonds is 9. The SMILES string of the molecule is CCCCCCC(CC)C(=O)c1csc(-c2ccccc2)n1. The first kappa shape index (κ1) is 16.9. The molecule has 0 N–H and O–H groups in total. The monoisotopic (exact) mass is 315 g/mol. The third-order valence-corrected chi connectivity index (χ3v) is 4.94. The summed E-state index contributed by atoms with van der Waals surface area (Å²) in [5, 5.41) is 2.85. The number of carbonyl (C=O) groups excluding carboxylic acids is 1. The van der Waals surface area contributed by atoms with Crippen LogP contribution in [-0.4, -0.2) is 10.8 Å². The molecule has 0 saturated carbocycles. The van der Waals surface area contributed by atoms with Crippen molar-refractivity contribution in [3.63, 3.8) is 0 Å². The first-order valence-corrected chi connectivity index (χ1v) is 9.19. The molecule has 1 unspecified atom stereocenters. The minimum Gasteiger partial charge on any atom is -0.292 e. The van der Waals surface area contributed by atoms with Gasteiger partial charge in [-0.3, -0.25) is 4.79 Å². The van der Waals surface area contributed by atoms with Crippen LogP contribution >= 0.6 is 11.3 Å². The van der Waals surface area contributed by atoms with Gasteiger partial charge in [0.15, 0.2) is 5.78 Å². The van der Waals surface area contributed by atoms with E-state index in [4.69, 9.17) is 0 Å². The van der Waals surface area contributed by atoms with Gasteiger partial charge in [0.1, 0.15) is 10.7 Å². The zero-order valence-electron chi connectivity index (χ0n) is 13.5. The van der Waals surface area contributed by atoms with Crippen molar-refractivity contribution in [2.24, 2.45) is 5.92 Å². The Labute approximate surface area is 137 Å². The lowest BCUT2D eigenvalue weighted by Gasteiger charge is -2.11. The average molecular weight is 315 g/mol. The molecule has 2 nitrogen and oxygen atoms in total. The molecule has 22 heavy (non-hydrogen) atoms. The summed E-state index contributed by atoms with van der Waals surface area (Å²) in [5.41, 5.74) is 1.73. The summed E-state index contributed by atoms with van der Waals surface area (Å²) in [6.45, 7) is 4.32. The van der Waals surface area contributed by atoms with Crippen molar-refractivity contribution < 1.29 is 4.79 Å². The van der Waals surface area contributed by atoms with E-state index in [0.29, 0.717) is 5.69 Å². The predicted molar refractivity (Wildman–Crippen MR) is 94.4 cm³/mol. The number of carbonyl (C=O) groups is 1.